The molecular formula is C18H18F3N3O. The fourth-order valence-electron chi connectivity index (χ4n) is 2.47. The van der Waals surface area contributed by atoms with Crippen molar-refractivity contribution in [2.45, 2.75) is 44.6 Å². The molecule has 0 saturated heterocycles. The van der Waals surface area contributed by atoms with Crippen LogP contribution in [0.1, 0.15) is 44.0 Å². The van der Waals surface area contributed by atoms with Gasteiger partial charge >= 0.3 is 6.61 Å². The molecular weight excluding hydrogens is 331 g/mol. The fourth-order valence-corrected chi connectivity index (χ4v) is 2.47. The van der Waals surface area contributed by atoms with Crippen LogP contribution in [0.25, 0.3) is 0 Å². The summed E-state index contributed by atoms with van der Waals surface area (Å²) < 4.78 is 42.2. The molecule has 2 unspecified atom stereocenters. The Morgan fingerprint density at radius 1 is 1.20 bits per heavy atom. The first-order valence-electron chi connectivity index (χ1n) is 7.80. The van der Waals surface area contributed by atoms with Crippen LogP contribution in [-0.4, -0.2) is 16.6 Å². The van der Waals surface area contributed by atoms with E-state index in [1.165, 1.54) is 18.2 Å². The summed E-state index contributed by atoms with van der Waals surface area (Å²) in [6.07, 6.45) is 0.968. The van der Waals surface area contributed by atoms with Crippen LogP contribution in [0.15, 0.2) is 36.4 Å². The molecule has 132 valence electrons. The molecule has 2 aromatic rings. The zero-order chi connectivity index (χ0) is 18.4. The molecule has 0 aromatic carbocycles. The minimum atomic E-state index is -2.93. The van der Waals surface area contributed by atoms with Gasteiger partial charge in [0.15, 0.2) is 0 Å². The minimum Gasteiger partial charge on any atom is -0.417 e. The summed E-state index contributed by atoms with van der Waals surface area (Å²) in [4.78, 5) is 7.87. The number of nitrogens with zero attached hydrogens (tertiary/aromatic N) is 3. The van der Waals surface area contributed by atoms with Crippen molar-refractivity contribution >= 4 is 0 Å². The van der Waals surface area contributed by atoms with E-state index in [1.54, 1.807) is 25.1 Å². The number of ether oxygens (including phenoxy) is 1. The van der Waals surface area contributed by atoms with E-state index in [1.807, 2.05) is 6.92 Å². The van der Waals surface area contributed by atoms with Gasteiger partial charge in [0.2, 0.25) is 11.8 Å². The lowest BCUT2D eigenvalue weighted by atomic mass is 9.80. The van der Waals surface area contributed by atoms with Crippen LogP contribution in [0.3, 0.4) is 0 Å². The van der Waals surface area contributed by atoms with Crippen LogP contribution < -0.4 is 4.74 Å². The monoisotopic (exact) mass is 349 g/mol. The van der Waals surface area contributed by atoms with Gasteiger partial charge in [0, 0.05) is 11.8 Å². The largest absolute Gasteiger partial charge is 0.417 e. The van der Waals surface area contributed by atoms with Crippen LogP contribution in [-0.2, 0) is 5.41 Å². The first-order chi connectivity index (χ1) is 11.8. The van der Waals surface area contributed by atoms with Crippen molar-refractivity contribution in [3.63, 3.8) is 0 Å². The van der Waals surface area contributed by atoms with Crippen LogP contribution in [0.2, 0.25) is 0 Å². The van der Waals surface area contributed by atoms with Gasteiger partial charge in [0.25, 0.3) is 0 Å². The third kappa shape index (κ3) is 4.92. The number of pyridine rings is 2. The van der Waals surface area contributed by atoms with E-state index >= 15 is 0 Å². The Balaban J connectivity index is 2.10. The number of halogens is 3. The normalized spacial score (nSPS) is 14.6. The molecule has 0 N–H and O–H groups in total. The second kappa shape index (κ2) is 7.97. The molecule has 2 atom stereocenters. The number of rotatable bonds is 7. The minimum absolute atomic E-state index is 0.0949. The SMILES string of the molecule is CC(CCC(C)(C#N)c1cccc(F)n1)c1cccc(OC(F)F)n1. The van der Waals surface area contributed by atoms with Crippen molar-refractivity contribution in [3.05, 3.63) is 53.7 Å². The van der Waals surface area contributed by atoms with E-state index < -0.39 is 18.0 Å². The molecule has 25 heavy (non-hydrogen) atoms. The maximum Gasteiger partial charge on any atom is 0.388 e. The van der Waals surface area contributed by atoms with Crippen molar-refractivity contribution in [2.75, 3.05) is 0 Å². The molecule has 0 saturated carbocycles. The smallest absolute Gasteiger partial charge is 0.388 e. The summed E-state index contributed by atoms with van der Waals surface area (Å²) in [5.41, 5.74) is 0.00330. The lowest BCUT2D eigenvalue weighted by molar-refractivity contribution is -0.0529. The highest BCUT2D eigenvalue weighted by molar-refractivity contribution is 5.25. The Bertz CT molecular complexity index is 763. The predicted molar refractivity (Wildman–Crippen MR) is 85.7 cm³/mol. The Kier molecular flexibility index (Phi) is 5.97. The second-order valence-corrected chi connectivity index (χ2v) is 6.01. The van der Waals surface area contributed by atoms with E-state index in [4.69, 9.17) is 0 Å². The van der Waals surface area contributed by atoms with E-state index in [-0.39, 0.29) is 11.8 Å². The molecule has 2 rings (SSSR count). The van der Waals surface area contributed by atoms with Crippen LogP contribution in [0.4, 0.5) is 13.2 Å². The van der Waals surface area contributed by atoms with Gasteiger partial charge in [-0.15, -0.1) is 0 Å². The van der Waals surface area contributed by atoms with Gasteiger partial charge in [0.05, 0.1) is 17.2 Å². The number of nitriles is 1. The summed E-state index contributed by atoms with van der Waals surface area (Å²) in [5.74, 6) is -0.873. The van der Waals surface area contributed by atoms with Gasteiger partial charge in [-0.3, -0.25) is 0 Å². The lowest BCUT2D eigenvalue weighted by Crippen LogP contribution is -2.22. The molecule has 0 radical (unpaired) electrons. The molecule has 2 heterocycles. The molecule has 0 spiro atoms. The van der Waals surface area contributed by atoms with Crippen molar-refractivity contribution in [3.8, 4) is 11.9 Å². The quantitative estimate of drug-likeness (QED) is 0.687. The van der Waals surface area contributed by atoms with E-state index in [2.05, 4.69) is 20.8 Å². The van der Waals surface area contributed by atoms with Gasteiger partial charge in [-0.1, -0.05) is 19.1 Å². The first-order valence-corrected chi connectivity index (χ1v) is 7.80. The second-order valence-electron chi connectivity index (χ2n) is 6.01. The molecule has 7 heteroatoms. The average molecular weight is 349 g/mol. The number of alkyl halides is 2. The molecule has 0 aliphatic carbocycles. The zero-order valence-electron chi connectivity index (χ0n) is 13.9. The van der Waals surface area contributed by atoms with Crippen molar-refractivity contribution < 1.29 is 17.9 Å². The summed E-state index contributed by atoms with van der Waals surface area (Å²) in [6, 6.07) is 11.2. The third-order valence-corrected chi connectivity index (χ3v) is 4.06. The Morgan fingerprint density at radius 3 is 2.56 bits per heavy atom. The number of hydrogen-bond acceptors (Lipinski definition) is 4. The molecule has 4 nitrogen and oxygen atoms in total. The molecule has 0 aliphatic rings. The average Bonchev–Trinajstić information content (AvgIpc) is 2.59. The highest BCUT2D eigenvalue weighted by Gasteiger charge is 2.29. The molecule has 0 fully saturated rings. The maximum absolute atomic E-state index is 13.3. The summed E-state index contributed by atoms with van der Waals surface area (Å²) >= 11 is 0. The van der Waals surface area contributed by atoms with Gasteiger partial charge in [-0.25, -0.2) is 9.97 Å². The number of hydrogen-bond donors (Lipinski definition) is 0. The van der Waals surface area contributed by atoms with E-state index in [0.717, 1.165) is 0 Å². The Morgan fingerprint density at radius 2 is 1.92 bits per heavy atom. The summed E-state index contributed by atoms with van der Waals surface area (Å²) in [5, 5.41) is 9.52. The highest BCUT2D eigenvalue weighted by atomic mass is 19.3. The highest BCUT2D eigenvalue weighted by Crippen LogP contribution is 2.31. The summed E-state index contributed by atoms with van der Waals surface area (Å²) in [6.45, 7) is 0.648. The van der Waals surface area contributed by atoms with E-state index in [0.29, 0.717) is 24.2 Å². The molecule has 0 aliphatic heterocycles. The fraction of sp³-hybridized carbons (Fsp3) is 0.389. The molecule has 0 bridgehead atoms. The van der Waals surface area contributed by atoms with Crippen molar-refractivity contribution in [1.82, 2.24) is 9.97 Å². The van der Waals surface area contributed by atoms with Crippen LogP contribution >= 0.6 is 0 Å². The Hall–Kier alpha value is -2.62. The van der Waals surface area contributed by atoms with Crippen molar-refractivity contribution in [2.24, 2.45) is 0 Å². The zero-order valence-corrected chi connectivity index (χ0v) is 13.9. The van der Waals surface area contributed by atoms with Gasteiger partial charge in [-0.2, -0.15) is 18.4 Å². The van der Waals surface area contributed by atoms with Crippen molar-refractivity contribution in [1.29, 1.82) is 5.26 Å². The van der Waals surface area contributed by atoms with Crippen LogP contribution in [0, 0.1) is 17.3 Å². The molecule has 0 amide bonds. The number of aromatic nitrogens is 2. The predicted octanol–water partition coefficient (Wildman–Crippen LogP) is 4.58. The van der Waals surface area contributed by atoms with Gasteiger partial charge in [-0.05, 0) is 43.9 Å². The standard InChI is InChI=1S/C18H18F3N3O/c1-12(13-5-3-8-16(23-13)25-17(20)21)9-10-18(2,11-22)14-6-4-7-15(19)24-14/h3-8,12,17H,9-10H2,1-2H3. The van der Waals surface area contributed by atoms with Crippen LogP contribution in [0.5, 0.6) is 5.88 Å². The third-order valence-electron chi connectivity index (χ3n) is 4.06. The maximum atomic E-state index is 13.3. The first kappa shape index (κ1) is 18.7. The lowest BCUT2D eigenvalue weighted by Gasteiger charge is -2.23. The summed E-state index contributed by atoms with van der Waals surface area (Å²) in [7, 11) is 0. The van der Waals surface area contributed by atoms with Gasteiger partial charge in [0.1, 0.15) is 0 Å². The van der Waals surface area contributed by atoms with E-state index in [9.17, 15) is 18.4 Å². The van der Waals surface area contributed by atoms with Gasteiger partial charge < -0.3 is 4.74 Å². The Labute approximate surface area is 144 Å². The topological polar surface area (TPSA) is 58.8 Å². The molecule has 2 aromatic heterocycles.